The summed E-state index contributed by atoms with van der Waals surface area (Å²) in [5.74, 6) is -0.204. The van der Waals surface area contributed by atoms with Crippen molar-refractivity contribution in [3.05, 3.63) is 33.4 Å². The first-order valence-corrected chi connectivity index (χ1v) is 11.1. The Balaban J connectivity index is 1.99. The third-order valence-electron chi connectivity index (χ3n) is 5.00. The summed E-state index contributed by atoms with van der Waals surface area (Å²) in [5, 5.41) is 17.7. The van der Waals surface area contributed by atoms with Crippen LogP contribution in [-0.4, -0.2) is 21.9 Å². The molecule has 1 amide bonds. The van der Waals surface area contributed by atoms with Gasteiger partial charge in [-0.15, -0.1) is 0 Å². The van der Waals surface area contributed by atoms with E-state index in [-0.39, 0.29) is 40.8 Å². The fourth-order valence-electron chi connectivity index (χ4n) is 3.50. The predicted octanol–water partition coefficient (Wildman–Crippen LogP) is 5.63. The number of aromatic nitrogens is 2. The molecule has 1 saturated carbocycles. The van der Waals surface area contributed by atoms with Crippen molar-refractivity contribution in [2.45, 2.75) is 36.2 Å². The van der Waals surface area contributed by atoms with Crippen molar-refractivity contribution in [2.24, 2.45) is 0 Å². The topological polar surface area (TPSA) is 82.7 Å². The normalized spacial score (nSPS) is 22.1. The molecular weight excluding hydrogens is 476 g/mol. The van der Waals surface area contributed by atoms with Crippen molar-refractivity contribution >= 4 is 45.2 Å². The zero-order valence-electron chi connectivity index (χ0n) is 15.0. The van der Waals surface area contributed by atoms with E-state index in [1.807, 2.05) is 6.07 Å². The van der Waals surface area contributed by atoms with Crippen LogP contribution in [-0.2, 0) is 10.2 Å². The smallest absolute Gasteiger partial charge is 0.310 e. The van der Waals surface area contributed by atoms with E-state index in [9.17, 15) is 29.5 Å². The van der Waals surface area contributed by atoms with E-state index >= 15 is 0 Å². The van der Waals surface area contributed by atoms with E-state index in [2.05, 4.69) is 15.7 Å². The third kappa shape index (κ3) is 3.16. The molecule has 162 valence electrons. The molecule has 1 aliphatic heterocycles. The number of halogens is 7. The molecule has 2 heterocycles. The first-order chi connectivity index (χ1) is 13.6. The van der Waals surface area contributed by atoms with Crippen molar-refractivity contribution in [1.82, 2.24) is 15.1 Å². The van der Waals surface area contributed by atoms with Gasteiger partial charge in [-0.2, -0.15) is 10.4 Å². The second kappa shape index (κ2) is 5.52. The lowest BCUT2D eigenvalue weighted by Crippen LogP contribution is -2.41. The lowest BCUT2D eigenvalue weighted by molar-refractivity contribution is -0.123. The zero-order chi connectivity index (χ0) is 22.3. The summed E-state index contributed by atoms with van der Waals surface area (Å²) in [6, 6.07) is 2.00. The number of nitriles is 1. The fraction of sp³-hybridized carbons (Fsp3) is 0.312. The Morgan fingerprint density at radius 3 is 2.23 bits per heavy atom. The SMILES string of the molecule is CC1NC(=O)C2(CC2)c2c(C#N)nn(-c3c(Cl)cc(S(F)(F)(F)(F)F)cc3Cl)c2N1. The molecule has 1 spiro atoms. The van der Waals surface area contributed by atoms with Crippen LogP contribution in [0, 0.1) is 11.3 Å². The average Bonchev–Trinajstić information content (AvgIpc) is 3.31. The highest BCUT2D eigenvalue weighted by molar-refractivity contribution is 8.45. The van der Waals surface area contributed by atoms with Crippen molar-refractivity contribution in [2.75, 3.05) is 5.32 Å². The van der Waals surface area contributed by atoms with Gasteiger partial charge in [-0.1, -0.05) is 42.6 Å². The molecule has 14 heteroatoms. The maximum atomic E-state index is 13.2. The number of hydrogen-bond donors (Lipinski definition) is 2. The molecule has 1 fully saturated rings. The highest BCUT2D eigenvalue weighted by Gasteiger charge is 2.66. The van der Waals surface area contributed by atoms with Gasteiger partial charge in [0.15, 0.2) is 5.69 Å². The molecule has 2 aromatic rings. The average molecular weight is 488 g/mol. The lowest BCUT2D eigenvalue weighted by atomic mass is 9.95. The predicted molar refractivity (Wildman–Crippen MR) is 102 cm³/mol. The van der Waals surface area contributed by atoms with Crippen LogP contribution < -0.4 is 10.6 Å². The molecule has 1 atom stereocenters. The molecular formula is C16H12Cl2F5N5OS. The van der Waals surface area contributed by atoms with Gasteiger partial charge >= 0.3 is 10.2 Å². The molecule has 2 N–H and O–H groups in total. The van der Waals surface area contributed by atoms with E-state index in [0.29, 0.717) is 12.8 Å². The maximum absolute atomic E-state index is 13.2. The number of rotatable bonds is 2. The van der Waals surface area contributed by atoms with Gasteiger partial charge in [0.05, 0.1) is 21.6 Å². The van der Waals surface area contributed by atoms with Crippen LogP contribution in [0.4, 0.5) is 25.2 Å². The molecule has 30 heavy (non-hydrogen) atoms. The molecule has 1 aliphatic carbocycles. The standard InChI is InChI=1S/C16H12Cl2F5N5OS/c1-7-25-14-12(16(2-3-16)15(29)26-7)11(6-24)27-28(14)13-9(17)4-8(5-10(13)18)30(19,20,21,22)23/h4-5,7,25H,2-3H2,1H3,(H,26,29). The Bertz CT molecular complexity index is 1150. The number of carbonyl (C=O) groups excluding carboxylic acids is 1. The van der Waals surface area contributed by atoms with E-state index < -0.39 is 36.7 Å². The number of nitrogens with one attached hydrogen (secondary N) is 2. The van der Waals surface area contributed by atoms with Crippen LogP contribution >= 0.6 is 33.4 Å². The minimum absolute atomic E-state index is 0.0703. The quantitative estimate of drug-likeness (QED) is 0.538. The number of carbonyl (C=O) groups is 1. The van der Waals surface area contributed by atoms with E-state index in [1.165, 1.54) is 0 Å². The highest BCUT2D eigenvalue weighted by atomic mass is 35.5. The largest absolute Gasteiger partial charge is 0.350 e. The summed E-state index contributed by atoms with van der Waals surface area (Å²) in [5.41, 5.74) is -1.23. The molecule has 0 radical (unpaired) electrons. The Hall–Kier alpha value is -2.23. The van der Waals surface area contributed by atoms with Gasteiger partial charge in [0, 0.05) is 5.56 Å². The monoisotopic (exact) mass is 487 g/mol. The summed E-state index contributed by atoms with van der Waals surface area (Å²) in [6.07, 6.45) is 0.246. The van der Waals surface area contributed by atoms with Crippen LogP contribution in [0.1, 0.15) is 31.0 Å². The Kier molecular flexibility index (Phi) is 3.86. The van der Waals surface area contributed by atoms with Crippen LogP contribution in [0.15, 0.2) is 17.0 Å². The summed E-state index contributed by atoms with van der Waals surface area (Å²) >= 11 is 11.9. The van der Waals surface area contributed by atoms with Gasteiger partial charge < -0.3 is 10.6 Å². The minimum atomic E-state index is -10.0. The second-order valence-corrected chi connectivity index (χ2v) is 10.4. The molecule has 4 rings (SSSR count). The summed E-state index contributed by atoms with van der Waals surface area (Å²) in [6.45, 7) is 1.60. The summed E-state index contributed by atoms with van der Waals surface area (Å²) < 4.78 is 66.9. The molecule has 2 aliphatic rings. The maximum Gasteiger partial charge on any atom is 0.310 e. The van der Waals surface area contributed by atoms with E-state index in [4.69, 9.17) is 23.2 Å². The van der Waals surface area contributed by atoms with Gasteiger partial charge in [0.2, 0.25) is 5.91 Å². The minimum Gasteiger partial charge on any atom is -0.350 e. The number of amides is 1. The Morgan fingerprint density at radius 2 is 1.77 bits per heavy atom. The van der Waals surface area contributed by atoms with E-state index in [0.717, 1.165) is 4.68 Å². The summed E-state index contributed by atoms with van der Waals surface area (Å²) in [7, 11) is -10.0. The Labute approximate surface area is 176 Å². The fourth-order valence-corrected chi connectivity index (χ4v) is 4.96. The van der Waals surface area contributed by atoms with Gasteiger partial charge in [0.1, 0.15) is 22.5 Å². The van der Waals surface area contributed by atoms with Crippen LogP contribution in [0.3, 0.4) is 0 Å². The number of nitrogens with zero attached hydrogens (tertiary/aromatic N) is 3. The van der Waals surface area contributed by atoms with Gasteiger partial charge in [-0.25, -0.2) is 4.68 Å². The van der Waals surface area contributed by atoms with Gasteiger partial charge in [-0.05, 0) is 31.9 Å². The van der Waals surface area contributed by atoms with Crippen molar-refractivity contribution < 1.29 is 24.2 Å². The van der Waals surface area contributed by atoms with Gasteiger partial charge in [0.25, 0.3) is 0 Å². The first kappa shape index (κ1) is 21.0. The second-order valence-electron chi connectivity index (χ2n) is 7.22. The summed E-state index contributed by atoms with van der Waals surface area (Å²) in [4.78, 5) is 10.3. The molecule has 1 aromatic heterocycles. The molecule has 0 bridgehead atoms. The van der Waals surface area contributed by atoms with Crippen molar-refractivity contribution in [1.29, 1.82) is 5.26 Å². The highest BCUT2D eigenvalue weighted by Crippen LogP contribution is 3.02. The molecule has 0 saturated heterocycles. The molecule has 1 aromatic carbocycles. The number of anilines is 1. The lowest BCUT2D eigenvalue weighted by Gasteiger charge is -2.40. The Morgan fingerprint density at radius 1 is 1.20 bits per heavy atom. The van der Waals surface area contributed by atoms with Crippen LogP contribution in [0.2, 0.25) is 10.0 Å². The number of benzene rings is 1. The molecule has 1 unspecified atom stereocenters. The molecule has 6 nitrogen and oxygen atoms in total. The number of hydrogen-bond acceptors (Lipinski definition) is 4. The first-order valence-electron chi connectivity index (χ1n) is 8.42. The van der Waals surface area contributed by atoms with Crippen LogP contribution in [0.25, 0.3) is 5.69 Å². The third-order valence-corrected chi connectivity index (χ3v) is 6.71. The van der Waals surface area contributed by atoms with E-state index in [1.54, 1.807) is 6.92 Å². The zero-order valence-corrected chi connectivity index (χ0v) is 17.3. The van der Waals surface area contributed by atoms with Gasteiger partial charge in [-0.3, -0.25) is 4.79 Å². The number of fused-ring (bicyclic) bond motifs is 2. The van der Waals surface area contributed by atoms with Crippen molar-refractivity contribution in [3.63, 3.8) is 0 Å². The van der Waals surface area contributed by atoms with Crippen LogP contribution in [0.5, 0.6) is 0 Å². The van der Waals surface area contributed by atoms with Crippen molar-refractivity contribution in [3.8, 4) is 11.8 Å².